The Morgan fingerprint density at radius 1 is 0.758 bits per heavy atom. The summed E-state index contributed by atoms with van der Waals surface area (Å²) in [5.41, 5.74) is 6.41. The highest BCUT2D eigenvalue weighted by Crippen LogP contribution is 2.47. The summed E-state index contributed by atoms with van der Waals surface area (Å²) in [7, 11) is 4.07. The van der Waals surface area contributed by atoms with Gasteiger partial charge in [-0.05, 0) is 55.8 Å². The van der Waals surface area contributed by atoms with Crippen molar-refractivity contribution in [2.45, 2.75) is 19.6 Å². The molecular formula is C29H30N2O2. The van der Waals surface area contributed by atoms with E-state index in [9.17, 15) is 0 Å². The molecule has 2 aliphatic rings. The second kappa shape index (κ2) is 8.36. The van der Waals surface area contributed by atoms with E-state index >= 15 is 0 Å². The summed E-state index contributed by atoms with van der Waals surface area (Å²) in [6.07, 6.45) is 6.34. The van der Waals surface area contributed by atoms with Gasteiger partial charge >= 0.3 is 0 Å². The molecule has 0 radical (unpaired) electrons. The fraction of sp³-hybridized carbons (Fsp3) is 0.241. The molecule has 0 bridgehead atoms. The van der Waals surface area contributed by atoms with Crippen LogP contribution in [0.5, 0.6) is 11.5 Å². The third-order valence-electron chi connectivity index (χ3n) is 6.40. The van der Waals surface area contributed by atoms with Crippen molar-refractivity contribution in [3.05, 3.63) is 89.5 Å². The number of nitrogens with zero attached hydrogens (tertiary/aromatic N) is 2. The first kappa shape index (κ1) is 21.2. The van der Waals surface area contributed by atoms with Crippen molar-refractivity contribution in [1.82, 2.24) is 0 Å². The van der Waals surface area contributed by atoms with E-state index < -0.39 is 5.79 Å². The number of rotatable bonds is 5. The van der Waals surface area contributed by atoms with Gasteiger partial charge < -0.3 is 19.3 Å². The van der Waals surface area contributed by atoms with E-state index in [-0.39, 0.29) is 0 Å². The first-order chi connectivity index (χ1) is 16.0. The van der Waals surface area contributed by atoms with Gasteiger partial charge in [0.25, 0.3) is 5.79 Å². The molecule has 2 heterocycles. The standard InChI is InChI=1S/C29H30N2O2/c1-5-31(6-2)25-15-13-23-18-26(21-10-8-7-9-11-21)29(33-28(23)20-25)17-16-22-12-14-24(30(3)4)19-27(22)32-29/h7-20H,5-6H2,1-4H3. The molecule has 0 saturated carbocycles. The number of anilines is 2. The average Bonchev–Trinajstić information content (AvgIpc) is 2.84. The Kier molecular flexibility index (Phi) is 5.37. The molecule has 4 heteroatoms. The molecule has 0 N–H and O–H groups in total. The van der Waals surface area contributed by atoms with Crippen molar-refractivity contribution in [3.8, 4) is 11.5 Å². The molecule has 1 spiro atoms. The highest BCUT2D eigenvalue weighted by atomic mass is 16.7. The van der Waals surface area contributed by atoms with Crippen LogP contribution in [0.15, 0.2) is 72.8 Å². The van der Waals surface area contributed by atoms with Gasteiger partial charge in [0.2, 0.25) is 0 Å². The zero-order valence-corrected chi connectivity index (χ0v) is 19.7. The molecule has 1 atom stereocenters. The van der Waals surface area contributed by atoms with Gasteiger partial charge in [-0.2, -0.15) is 0 Å². The van der Waals surface area contributed by atoms with Gasteiger partial charge in [-0.3, -0.25) is 0 Å². The minimum atomic E-state index is -1.03. The Morgan fingerprint density at radius 2 is 1.39 bits per heavy atom. The van der Waals surface area contributed by atoms with Crippen LogP contribution in [0.25, 0.3) is 17.7 Å². The largest absolute Gasteiger partial charge is 0.444 e. The summed E-state index contributed by atoms with van der Waals surface area (Å²) in [6, 6.07) is 23.1. The van der Waals surface area contributed by atoms with Crippen LogP contribution < -0.4 is 19.3 Å². The van der Waals surface area contributed by atoms with E-state index in [0.717, 1.165) is 58.2 Å². The van der Waals surface area contributed by atoms with Crippen LogP contribution in [0.1, 0.15) is 30.5 Å². The Balaban J connectivity index is 1.64. The second-order valence-electron chi connectivity index (χ2n) is 8.64. The number of hydrogen-bond acceptors (Lipinski definition) is 4. The predicted molar refractivity (Wildman–Crippen MR) is 138 cm³/mol. The van der Waals surface area contributed by atoms with Crippen molar-refractivity contribution in [2.75, 3.05) is 37.0 Å². The van der Waals surface area contributed by atoms with E-state index in [1.165, 1.54) is 0 Å². The molecule has 0 fully saturated rings. The summed E-state index contributed by atoms with van der Waals surface area (Å²) in [6.45, 7) is 6.24. The lowest BCUT2D eigenvalue weighted by Crippen LogP contribution is -2.44. The molecule has 0 aliphatic carbocycles. The fourth-order valence-corrected chi connectivity index (χ4v) is 4.52. The van der Waals surface area contributed by atoms with E-state index in [2.05, 4.69) is 84.3 Å². The lowest BCUT2D eigenvalue weighted by atomic mass is 9.90. The molecule has 1 unspecified atom stereocenters. The number of hydrogen-bond donors (Lipinski definition) is 0. The third-order valence-corrected chi connectivity index (χ3v) is 6.40. The number of ether oxygens (including phenoxy) is 2. The van der Waals surface area contributed by atoms with Crippen molar-refractivity contribution in [2.24, 2.45) is 0 Å². The van der Waals surface area contributed by atoms with Crippen molar-refractivity contribution < 1.29 is 9.47 Å². The van der Waals surface area contributed by atoms with Crippen LogP contribution in [-0.2, 0) is 0 Å². The van der Waals surface area contributed by atoms with Crippen LogP contribution in [-0.4, -0.2) is 33.0 Å². The van der Waals surface area contributed by atoms with Gasteiger partial charge in [-0.1, -0.05) is 30.3 Å². The van der Waals surface area contributed by atoms with E-state index in [1.807, 2.05) is 38.4 Å². The normalized spacial score (nSPS) is 18.0. The van der Waals surface area contributed by atoms with Gasteiger partial charge in [-0.15, -0.1) is 0 Å². The lowest BCUT2D eigenvalue weighted by Gasteiger charge is -2.40. The van der Waals surface area contributed by atoms with Crippen LogP contribution in [0.2, 0.25) is 0 Å². The van der Waals surface area contributed by atoms with Gasteiger partial charge in [-0.25, -0.2) is 0 Å². The maximum atomic E-state index is 6.75. The lowest BCUT2D eigenvalue weighted by molar-refractivity contribution is -0.0211. The smallest absolute Gasteiger partial charge is 0.299 e. The SMILES string of the molecule is CCN(CC)c1ccc2c(c1)OC1(C=Cc3ccc(N(C)C)cc3O1)C(c1ccccc1)=C2. The van der Waals surface area contributed by atoms with Gasteiger partial charge in [0.15, 0.2) is 0 Å². The molecular weight excluding hydrogens is 408 g/mol. The molecule has 168 valence electrons. The van der Waals surface area contributed by atoms with Crippen molar-refractivity contribution in [1.29, 1.82) is 0 Å². The van der Waals surface area contributed by atoms with Crippen molar-refractivity contribution in [3.63, 3.8) is 0 Å². The van der Waals surface area contributed by atoms with Crippen LogP contribution in [0.4, 0.5) is 11.4 Å². The first-order valence-electron chi connectivity index (χ1n) is 11.6. The summed E-state index contributed by atoms with van der Waals surface area (Å²) >= 11 is 0. The molecule has 2 aliphatic heterocycles. The van der Waals surface area contributed by atoms with Gasteiger partial charge in [0.05, 0.1) is 0 Å². The van der Waals surface area contributed by atoms with Crippen molar-refractivity contribution >= 4 is 29.1 Å². The highest BCUT2D eigenvalue weighted by molar-refractivity contribution is 5.92. The fourth-order valence-electron chi connectivity index (χ4n) is 4.52. The van der Waals surface area contributed by atoms with E-state index in [1.54, 1.807) is 0 Å². The number of benzene rings is 3. The number of fused-ring (bicyclic) bond motifs is 2. The summed E-state index contributed by atoms with van der Waals surface area (Å²) in [5, 5.41) is 0. The van der Waals surface area contributed by atoms with Crippen LogP contribution in [0, 0.1) is 0 Å². The maximum Gasteiger partial charge on any atom is 0.299 e. The Labute approximate surface area is 196 Å². The summed E-state index contributed by atoms with van der Waals surface area (Å²) < 4.78 is 13.5. The summed E-state index contributed by atoms with van der Waals surface area (Å²) in [4.78, 5) is 4.40. The molecule has 0 aromatic heterocycles. The minimum Gasteiger partial charge on any atom is -0.444 e. The highest BCUT2D eigenvalue weighted by Gasteiger charge is 2.43. The second-order valence-corrected chi connectivity index (χ2v) is 8.64. The Morgan fingerprint density at radius 3 is 2.09 bits per heavy atom. The molecule has 0 saturated heterocycles. The molecule has 3 aromatic carbocycles. The van der Waals surface area contributed by atoms with E-state index in [0.29, 0.717) is 0 Å². The monoisotopic (exact) mass is 438 g/mol. The van der Waals surface area contributed by atoms with Crippen LogP contribution >= 0.6 is 0 Å². The predicted octanol–water partition coefficient (Wildman–Crippen LogP) is 6.33. The average molecular weight is 439 g/mol. The Hall–Kier alpha value is -3.66. The summed E-state index contributed by atoms with van der Waals surface area (Å²) in [5.74, 6) is 0.610. The van der Waals surface area contributed by atoms with Gasteiger partial charge in [0, 0.05) is 73.5 Å². The van der Waals surface area contributed by atoms with Crippen LogP contribution in [0.3, 0.4) is 0 Å². The molecule has 33 heavy (non-hydrogen) atoms. The quantitative estimate of drug-likeness (QED) is 0.464. The first-order valence-corrected chi connectivity index (χ1v) is 11.6. The van der Waals surface area contributed by atoms with E-state index in [4.69, 9.17) is 9.47 Å². The third kappa shape index (κ3) is 3.76. The zero-order valence-electron chi connectivity index (χ0n) is 19.7. The molecule has 3 aromatic rings. The Bertz CT molecular complexity index is 1230. The zero-order chi connectivity index (χ0) is 23.0. The van der Waals surface area contributed by atoms with Gasteiger partial charge in [0.1, 0.15) is 11.5 Å². The minimum absolute atomic E-state index is 0.814. The topological polar surface area (TPSA) is 24.9 Å². The molecule has 0 amide bonds. The molecule has 5 rings (SSSR count). The maximum absolute atomic E-state index is 6.75. The molecule has 4 nitrogen and oxygen atoms in total.